The lowest BCUT2D eigenvalue weighted by atomic mass is 9.83. The lowest BCUT2D eigenvalue weighted by Crippen LogP contribution is -2.44. The Morgan fingerprint density at radius 3 is 3.06 bits per heavy atom. The van der Waals surface area contributed by atoms with E-state index >= 15 is 0 Å². The smallest absolute Gasteiger partial charge is 0.313 e. The number of esters is 1. The van der Waals surface area contributed by atoms with Crippen LogP contribution in [0, 0.1) is 11.3 Å². The van der Waals surface area contributed by atoms with Crippen LogP contribution in [0.25, 0.3) is 0 Å². The van der Waals surface area contributed by atoms with E-state index in [1.54, 1.807) is 0 Å². The molecule has 3 rings (SSSR count). The summed E-state index contributed by atoms with van der Waals surface area (Å²) in [7, 11) is 0. The van der Waals surface area contributed by atoms with Gasteiger partial charge >= 0.3 is 5.97 Å². The van der Waals surface area contributed by atoms with Crippen molar-refractivity contribution >= 4 is 5.97 Å². The van der Waals surface area contributed by atoms with Crippen molar-refractivity contribution < 1.29 is 9.53 Å². The van der Waals surface area contributed by atoms with E-state index in [0.29, 0.717) is 12.5 Å². The van der Waals surface area contributed by atoms with Gasteiger partial charge in [-0.3, -0.25) is 4.79 Å². The van der Waals surface area contributed by atoms with Crippen molar-refractivity contribution in [2.75, 3.05) is 13.1 Å². The Hall–Kier alpha value is -1.35. The summed E-state index contributed by atoms with van der Waals surface area (Å²) in [6, 6.07) is 9.88. The molecule has 1 aromatic rings. The van der Waals surface area contributed by atoms with Crippen LogP contribution in [0.5, 0.6) is 0 Å². The van der Waals surface area contributed by atoms with Crippen molar-refractivity contribution in [3.8, 4) is 0 Å². The number of hydrogen-bond acceptors (Lipinski definition) is 3. The van der Waals surface area contributed by atoms with E-state index in [9.17, 15) is 4.79 Å². The van der Waals surface area contributed by atoms with E-state index in [4.69, 9.17) is 4.74 Å². The molecule has 18 heavy (non-hydrogen) atoms. The van der Waals surface area contributed by atoms with Crippen molar-refractivity contribution in [1.82, 2.24) is 5.32 Å². The van der Waals surface area contributed by atoms with Gasteiger partial charge in [-0.15, -0.1) is 0 Å². The summed E-state index contributed by atoms with van der Waals surface area (Å²) in [5.74, 6) is 0.657. The first-order valence-corrected chi connectivity index (χ1v) is 6.70. The van der Waals surface area contributed by atoms with Crippen LogP contribution in [0.1, 0.15) is 24.8 Å². The molecule has 0 amide bonds. The maximum atomic E-state index is 12.3. The third-order valence-electron chi connectivity index (χ3n) is 4.25. The average molecular weight is 245 g/mol. The second-order valence-electron chi connectivity index (χ2n) is 5.58. The predicted molar refractivity (Wildman–Crippen MR) is 68.9 cm³/mol. The Kier molecular flexibility index (Phi) is 3.08. The summed E-state index contributed by atoms with van der Waals surface area (Å²) in [6.07, 6.45) is 3.15. The summed E-state index contributed by atoms with van der Waals surface area (Å²) >= 11 is 0. The largest absolute Gasteiger partial charge is 0.460 e. The van der Waals surface area contributed by atoms with Gasteiger partial charge in [-0.2, -0.15) is 0 Å². The molecule has 2 bridgehead atoms. The number of ether oxygens (including phenoxy) is 1. The standard InChI is InChI=1S/C15H19NO2/c17-14(18-10-12-4-2-1-3-5-12)15-7-6-13(8-15)9-16-11-15/h1-5,13,16H,6-11H2. The molecule has 2 aliphatic rings. The van der Waals surface area contributed by atoms with Gasteiger partial charge in [-0.05, 0) is 37.3 Å². The Morgan fingerprint density at radius 2 is 2.22 bits per heavy atom. The highest BCUT2D eigenvalue weighted by molar-refractivity contribution is 5.77. The van der Waals surface area contributed by atoms with E-state index in [2.05, 4.69) is 5.32 Å². The lowest BCUT2D eigenvalue weighted by molar-refractivity contribution is -0.157. The van der Waals surface area contributed by atoms with E-state index in [-0.39, 0.29) is 11.4 Å². The minimum Gasteiger partial charge on any atom is -0.460 e. The van der Waals surface area contributed by atoms with Crippen molar-refractivity contribution in [2.45, 2.75) is 25.9 Å². The third-order valence-corrected chi connectivity index (χ3v) is 4.25. The fourth-order valence-corrected chi connectivity index (χ4v) is 3.22. The summed E-state index contributed by atoms with van der Waals surface area (Å²) in [6.45, 7) is 2.25. The van der Waals surface area contributed by atoms with E-state index < -0.39 is 0 Å². The Balaban J connectivity index is 1.62. The summed E-state index contributed by atoms with van der Waals surface area (Å²) < 4.78 is 5.51. The molecule has 2 fully saturated rings. The molecular formula is C15H19NO2. The van der Waals surface area contributed by atoms with Crippen LogP contribution in [0.3, 0.4) is 0 Å². The molecule has 1 saturated heterocycles. The van der Waals surface area contributed by atoms with Gasteiger partial charge in [0.15, 0.2) is 0 Å². The molecule has 1 aliphatic carbocycles. The topological polar surface area (TPSA) is 38.3 Å². The predicted octanol–water partition coefficient (Wildman–Crippen LogP) is 2.12. The lowest BCUT2D eigenvalue weighted by Gasteiger charge is -2.31. The average Bonchev–Trinajstić information content (AvgIpc) is 2.73. The van der Waals surface area contributed by atoms with Gasteiger partial charge in [0.05, 0.1) is 5.41 Å². The molecule has 0 radical (unpaired) electrons. The molecule has 0 spiro atoms. The van der Waals surface area contributed by atoms with Crippen LogP contribution in [0.15, 0.2) is 30.3 Å². The number of nitrogens with one attached hydrogen (secondary N) is 1. The number of rotatable bonds is 3. The molecule has 0 aromatic heterocycles. The van der Waals surface area contributed by atoms with Crippen molar-refractivity contribution in [3.05, 3.63) is 35.9 Å². The molecular weight excluding hydrogens is 226 g/mol. The molecule has 3 heteroatoms. The van der Waals surface area contributed by atoms with Gasteiger partial charge < -0.3 is 10.1 Å². The fraction of sp³-hybridized carbons (Fsp3) is 0.533. The van der Waals surface area contributed by atoms with Crippen molar-refractivity contribution in [2.24, 2.45) is 11.3 Å². The number of fused-ring (bicyclic) bond motifs is 2. The summed E-state index contributed by atoms with van der Waals surface area (Å²) in [4.78, 5) is 12.3. The van der Waals surface area contributed by atoms with Crippen LogP contribution in [-0.2, 0) is 16.1 Å². The van der Waals surface area contributed by atoms with E-state index in [1.165, 1.54) is 0 Å². The van der Waals surface area contributed by atoms with Crippen molar-refractivity contribution in [1.29, 1.82) is 0 Å². The first-order chi connectivity index (χ1) is 8.78. The molecule has 1 aromatic carbocycles. The van der Waals surface area contributed by atoms with Gasteiger partial charge in [0.25, 0.3) is 0 Å². The first-order valence-electron chi connectivity index (χ1n) is 6.70. The monoisotopic (exact) mass is 245 g/mol. The van der Waals surface area contributed by atoms with Gasteiger partial charge in [-0.1, -0.05) is 30.3 Å². The van der Waals surface area contributed by atoms with Gasteiger partial charge in [0.2, 0.25) is 0 Å². The number of carbonyl (C=O) groups is 1. The van der Waals surface area contributed by atoms with E-state index in [0.717, 1.165) is 37.9 Å². The van der Waals surface area contributed by atoms with Gasteiger partial charge in [0, 0.05) is 6.54 Å². The quantitative estimate of drug-likeness (QED) is 0.829. The molecule has 1 heterocycles. The highest BCUT2D eigenvalue weighted by Crippen LogP contribution is 2.44. The number of benzene rings is 1. The molecule has 1 aliphatic heterocycles. The Bertz CT molecular complexity index is 427. The normalized spacial score (nSPS) is 30.1. The Morgan fingerprint density at radius 1 is 1.39 bits per heavy atom. The minimum absolute atomic E-state index is 0.0129. The molecule has 1 saturated carbocycles. The third kappa shape index (κ3) is 2.15. The molecule has 96 valence electrons. The highest BCUT2D eigenvalue weighted by Gasteiger charge is 2.48. The zero-order valence-corrected chi connectivity index (χ0v) is 10.5. The van der Waals surface area contributed by atoms with Crippen LogP contribution >= 0.6 is 0 Å². The minimum atomic E-state index is -0.238. The van der Waals surface area contributed by atoms with Crippen LogP contribution in [0.4, 0.5) is 0 Å². The summed E-state index contributed by atoms with van der Waals surface area (Å²) in [5.41, 5.74) is 0.818. The maximum Gasteiger partial charge on any atom is 0.313 e. The van der Waals surface area contributed by atoms with Crippen LogP contribution in [-0.4, -0.2) is 19.1 Å². The fourth-order valence-electron chi connectivity index (χ4n) is 3.22. The molecule has 2 atom stereocenters. The van der Waals surface area contributed by atoms with Gasteiger partial charge in [0.1, 0.15) is 6.61 Å². The number of carbonyl (C=O) groups excluding carboxylic acids is 1. The first kappa shape index (κ1) is 11.7. The van der Waals surface area contributed by atoms with Gasteiger partial charge in [-0.25, -0.2) is 0 Å². The zero-order valence-electron chi connectivity index (χ0n) is 10.5. The second-order valence-corrected chi connectivity index (χ2v) is 5.58. The highest BCUT2D eigenvalue weighted by atomic mass is 16.5. The second kappa shape index (κ2) is 4.73. The molecule has 3 nitrogen and oxygen atoms in total. The van der Waals surface area contributed by atoms with Crippen molar-refractivity contribution in [3.63, 3.8) is 0 Å². The summed E-state index contributed by atoms with van der Waals surface area (Å²) in [5, 5.41) is 3.37. The zero-order chi connectivity index (χ0) is 12.4. The van der Waals surface area contributed by atoms with E-state index in [1.807, 2.05) is 30.3 Å². The maximum absolute atomic E-state index is 12.3. The van der Waals surface area contributed by atoms with Crippen LogP contribution in [0.2, 0.25) is 0 Å². The molecule has 1 N–H and O–H groups in total. The molecule has 2 unspecified atom stereocenters. The number of hydrogen-bond donors (Lipinski definition) is 1. The SMILES string of the molecule is O=C(OCc1ccccc1)C12CCC(CNC1)C2. The van der Waals surface area contributed by atoms with Crippen LogP contribution < -0.4 is 5.32 Å². The Labute approximate surface area is 108 Å². The number of piperidine rings is 1.